The fourth-order valence-electron chi connectivity index (χ4n) is 3.26. The lowest BCUT2D eigenvalue weighted by atomic mass is 10.2. The van der Waals surface area contributed by atoms with E-state index in [1.807, 2.05) is 13.8 Å². The third-order valence-electron chi connectivity index (χ3n) is 4.49. The molecule has 0 spiro atoms. The second-order valence-corrected chi connectivity index (χ2v) is 6.64. The van der Waals surface area contributed by atoms with Crippen LogP contribution in [0.15, 0.2) is 9.59 Å². The van der Waals surface area contributed by atoms with Crippen LogP contribution in [0, 0.1) is 0 Å². The summed E-state index contributed by atoms with van der Waals surface area (Å²) in [5, 5.41) is 0. The Morgan fingerprint density at radius 3 is 2.48 bits per heavy atom. The monoisotopic (exact) mass is 349 g/mol. The Hall–Kier alpha value is -2.42. The van der Waals surface area contributed by atoms with Crippen molar-refractivity contribution in [2.45, 2.75) is 38.9 Å². The maximum atomic E-state index is 12.4. The van der Waals surface area contributed by atoms with Crippen molar-refractivity contribution in [1.82, 2.24) is 24.0 Å². The van der Waals surface area contributed by atoms with Gasteiger partial charge in [-0.3, -0.25) is 18.7 Å². The number of aryl methyl sites for hydroxylation is 2. The van der Waals surface area contributed by atoms with Gasteiger partial charge in [-0.2, -0.15) is 0 Å². The number of nitrogens with zero attached hydrogens (tertiary/aromatic N) is 4. The first-order chi connectivity index (χ1) is 11.8. The van der Waals surface area contributed by atoms with E-state index in [0.717, 1.165) is 4.57 Å². The van der Waals surface area contributed by atoms with Crippen LogP contribution in [-0.4, -0.2) is 55.2 Å². The van der Waals surface area contributed by atoms with Gasteiger partial charge in [-0.25, -0.2) is 9.78 Å². The van der Waals surface area contributed by atoms with Gasteiger partial charge in [0, 0.05) is 40.0 Å². The molecule has 0 radical (unpaired) electrons. The molecule has 0 aliphatic carbocycles. The highest BCUT2D eigenvalue weighted by atomic mass is 16.5. The van der Waals surface area contributed by atoms with Crippen molar-refractivity contribution in [2.24, 2.45) is 14.1 Å². The Morgan fingerprint density at radius 1 is 1.20 bits per heavy atom. The minimum absolute atomic E-state index is 0.0245. The van der Waals surface area contributed by atoms with E-state index in [2.05, 4.69) is 9.97 Å². The van der Waals surface area contributed by atoms with Gasteiger partial charge in [-0.05, 0) is 13.8 Å². The molecule has 0 saturated carbocycles. The largest absolute Gasteiger partial charge is 0.372 e. The molecule has 2 atom stereocenters. The second-order valence-electron chi connectivity index (χ2n) is 6.64. The summed E-state index contributed by atoms with van der Waals surface area (Å²) in [6, 6.07) is 0. The summed E-state index contributed by atoms with van der Waals surface area (Å²) in [5.74, 6) is 0.556. The summed E-state index contributed by atoms with van der Waals surface area (Å²) in [5.41, 5.74) is -0.258. The molecule has 1 aliphatic heterocycles. The lowest BCUT2D eigenvalue weighted by Crippen LogP contribution is -2.48. The van der Waals surface area contributed by atoms with Gasteiger partial charge in [0.15, 0.2) is 5.65 Å². The minimum Gasteiger partial charge on any atom is -0.372 e. The van der Waals surface area contributed by atoms with E-state index >= 15 is 0 Å². The topological polar surface area (TPSA) is 102 Å². The SMILES string of the molecule is CC1CN(C(=O)CCc2nc3c([nH]2)c(=O)n(C)c(=O)n3C)CC(C)O1. The summed E-state index contributed by atoms with van der Waals surface area (Å²) in [4.78, 5) is 45.6. The number of rotatable bonds is 3. The molecular weight excluding hydrogens is 326 g/mol. The van der Waals surface area contributed by atoms with Gasteiger partial charge >= 0.3 is 5.69 Å². The van der Waals surface area contributed by atoms with E-state index < -0.39 is 11.2 Å². The summed E-state index contributed by atoms with van der Waals surface area (Å²) in [7, 11) is 2.99. The molecule has 2 aromatic rings. The number of carbonyl (C=O) groups excluding carboxylic acids is 1. The van der Waals surface area contributed by atoms with Crippen molar-refractivity contribution in [3.05, 3.63) is 26.7 Å². The first-order valence-corrected chi connectivity index (χ1v) is 8.35. The van der Waals surface area contributed by atoms with Gasteiger partial charge in [0.2, 0.25) is 5.91 Å². The number of morpholine rings is 1. The predicted octanol–water partition coefficient (Wildman–Crippen LogP) is -0.471. The Kier molecular flexibility index (Phi) is 4.51. The van der Waals surface area contributed by atoms with Gasteiger partial charge in [0.1, 0.15) is 11.3 Å². The number of hydrogen-bond acceptors (Lipinski definition) is 5. The van der Waals surface area contributed by atoms with Crippen molar-refractivity contribution < 1.29 is 9.53 Å². The van der Waals surface area contributed by atoms with Crippen LogP contribution in [0.2, 0.25) is 0 Å². The summed E-state index contributed by atoms with van der Waals surface area (Å²) in [6.45, 7) is 5.06. The van der Waals surface area contributed by atoms with Gasteiger partial charge in [0.25, 0.3) is 5.56 Å². The minimum atomic E-state index is -0.428. The van der Waals surface area contributed by atoms with E-state index in [0.29, 0.717) is 31.0 Å². The number of carbonyl (C=O) groups is 1. The first kappa shape index (κ1) is 17.4. The molecule has 2 aromatic heterocycles. The number of nitrogens with one attached hydrogen (secondary N) is 1. The van der Waals surface area contributed by atoms with Crippen LogP contribution in [0.1, 0.15) is 26.1 Å². The van der Waals surface area contributed by atoms with Crippen molar-refractivity contribution in [2.75, 3.05) is 13.1 Å². The average Bonchev–Trinajstić information content (AvgIpc) is 2.99. The van der Waals surface area contributed by atoms with Gasteiger partial charge in [-0.15, -0.1) is 0 Å². The highest BCUT2D eigenvalue weighted by Crippen LogP contribution is 2.13. The van der Waals surface area contributed by atoms with Crippen LogP contribution in [0.3, 0.4) is 0 Å². The number of aromatic amines is 1. The zero-order chi connectivity index (χ0) is 18.3. The fourth-order valence-corrected chi connectivity index (χ4v) is 3.26. The molecule has 1 saturated heterocycles. The quantitative estimate of drug-likeness (QED) is 0.807. The molecule has 0 bridgehead atoms. The average molecular weight is 349 g/mol. The lowest BCUT2D eigenvalue weighted by Gasteiger charge is -2.35. The molecule has 9 nitrogen and oxygen atoms in total. The molecule has 1 amide bonds. The molecule has 3 rings (SSSR count). The van der Waals surface area contributed by atoms with E-state index in [1.165, 1.54) is 11.6 Å². The third kappa shape index (κ3) is 3.23. The van der Waals surface area contributed by atoms with Crippen molar-refractivity contribution in [3.63, 3.8) is 0 Å². The summed E-state index contributed by atoms with van der Waals surface area (Å²) in [6.07, 6.45) is 0.714. The molecule has 0 aromatic carbocycles. The Balaban J connectivity index is 1.77. The number of hydrogen-bond donors (Lipinski definition) is 1. The zero-order valence-electron chi connectivity index (χ0n) is 14.9. The molecule has 3 heterocycles. The lowest BCUT2D eigenvalue weighted by molar-refractivity contribution is -0.143. The molecule has 1 N–H and O–H groups in total. The van der Waals surface area contributed by atoms with Gasteiger partial charge in [0.05, 0.1) is 12.2 Å². The van der Waals surface area contributed by atoms with Crippen LogP contribution < -0.4 is 11.2 Å². The molecule has 2 unspecified atom stereocenters. The summed E-state index contributed by atoms with van der Waals surface area (Å²) >= 11 is 0. The number of fused-ring (bicyclic) bond motifs is 1. The Labute approximate surface area is 144 Å². The Bertz CT molecular complexity index is 915. The standard InChI is InChI=1S/C16H23N5O4/c1-9-7-21(8-10(2)25-9)12(22)6-5-11-17-13-14(18-11)19(3)16(24)20(4)15(13)23/h9-10H,5-8H2,1-4H3,(H,17,18). The number of amides is 1. The smallest absolute Gasteiger partial charge is 0.332 e. The van der Waals surface area contributed by atoms with Crippen molar-refractivity contribution in [3.8, 4) is 0 Å². The zero-order valence-corrected chi connectivity index (χ0v) is 14.9. The van der Waals surface area contributed by atoms with Crippen molar-refractivity contribution >= 4 is 17.1 Å². The van der Waals surface area contributed by atoms with Crippen LogP contribution in [0.4, 0.5) is 0 Å². The molecule has 25 heavy (non-hydrogen) atoms. The maximum Gasteiger partial charge on any atom is 0.332 e. The highest BCUT2D eigenvalue weighted by Gasteiger charge is 2.25. The molecule has 1 fully saturated rings. The van der Waals surface area contributed by atoms with Crippen LogP contribution in [-0.2, 0) is 30.0 Å². The van der Waals surface area contributed by atoms with E-state index in [1.54, 1.807) is 11.9 Å². The van der Waals surface area contributed by atoms with E-state index in [9.17, 15) is 14.4 Å². The van der Waals surface area contributed by atoms with Crippen LogP contribution in [0.25, 0.3) is 11.2 Å². The second kappa shape index (κ2) is 6.47. The van der Waals surface area contributed by atoms with Crippen LogP contribution >= 0.6 is 0 Å². The molecule has 1 aliphatic rings. The number of ether oxygens (including phenoxy) is 1. The normalized spacial score (nSPS) is 21.0. The fraction of sp³-hybridized carbons (Fsp3) is 0.625. The Morgan fingerprint density at radius 2 is 1.84 bits per heavy atom. The number of aromatic nitrogens is 4. The molecule has 9 heteroatoms. The number of H-pyrrole nitrogens is 1. The van der Waals surface area contributed by atoms with Gasteiger partial charge < -0.3 is 14.6 Å². The van der Waals surface area contributed by atoms with Crippen LogP contribution in [0.5, 0.6) is 0 Å². The maximum absolute atomic E-state index is 12.4. The van der Waals surface area contributed by atoms with Crippen molar-refractivity contribution in [1.29, 1.82) is 0 Å². The highest BCUT2D eigenvalue weighted by molar-refractivity contribution is 5.77. The number of imidazole rings is 1. The van der Waals surface area contributed by atoms with Gasteiger partial charge in [-0.1, -0.05) is 0 Å². The molecule has 136 valence electrons. The third-order valence-corrected chi connectivity index (χ3v) is 4.49. The molecular formula is C16H23N5O4. The first-order valence-electron chi connectivity index (χ1n) is 8.35. The van der Waals surface area contributed by atoms with E-state index in [-0.39, 0.29) is 30.1 Å². The predicted molar refractivity (Wildman–Crippen MR) is 91.5 cm³/mol. The van der Waals surface area contributed by atoms with E-state index in [4.69, 9.17) is 4.74 Å². The summed E-state index contributed by atoms with van der Waals surface area (Å²) < 4.78 is 7.99.